The molecule has 0 spiro atoms. The van der Waals surface area contributed by atoms with Crippen molar-refractivity contribution in [3.05, 3.63) is 208 Å². The highest BCUT2D eigenvalue weighted by atomic mass is 16.2. The van der Waals surface area contributed by atoms with Gasteiger partial charge in [0.15, 0.2) is 0 Å². The summed E-state index contributed by atoms with van der Waals surface area (Å²) in [6.45, 7) is 8.91. The molecule has 0 aromatic heterocycles. The zero-order valence-corrected chi connectivity index (χ0v) is 27.7. The molecular formula is C45H41NO. The van der Waals surface area contributed by atoms with Crippen LogP contribution in [-0.2, 0) is 10.8 Å². The summed E-state index contributed by atoms with van der Waals surface area (Å²) in [5.74, 6) is 0.0241. The van der Waals surface area contributed by atoms with E-state index in [0.717, 1.165) is 17.7 Å². The molecule has 0 saturated heterocycles. The first-order valence-electron chi connectivity index (χ1n) is 16.5. The van der Waals surface area contributed by atoms with E-state index in [-0.39, 0.29) is 11.3 Å². The number of nitrogens with zero attached hydrogens (tertiary/aromatic N) is 1. The fraction of sp³-hybridized carbons (Fsp3) is 0.178. The van der Waals surface area contributed by atoms with Gasteiger partial charge in [0.25, 0.3) is 5.91 Å². The van der Waals surface area contributed by atoms with Crippen LogP contribution in [0.2, 0.25) is 0 Å². The van der Waals surface area contributed by atoms with Gasteiger partial charge in [0.05, 0.1) is 5.41 Å². The van der Waals surface area contributed by atoms with Crippen LogP contribution in [0, 0.1) is 6.92 Å². The number of amides is 1. The minimum atomic E-state index is -0.589. The lowest BCUT2D eigenvalue weighted by molar-refractivity contribution is 0.0948. The maximum atomic E-state index is 14.4. The molecule has 1 heterocycles. The molecule has 1 atom stereocenters. The summed E-state index contributed by atoms with van der Waals surface area (Å²) < 4.78 is 0. The number of aryl methyl sites for hydroxylation is 1. The van der Waals surface area contributed by atoms with E-state index >= 15 is 0 Å². The highest BCUT2D eigenvalue weighted by Gasteiger charge is 2.49. The molecule has 2 nitrogen and oxygen atoms in total. The van der Waals surface area contributed by atoms with Crippen LogP contribution < -0.4 is 4.90 Å². The second kappa shape index (κ2) is 11.9. The molecule has 2 heteroatoms. The number of hydrogen-bond donors (Lipinski definition) is 0. The molecule has 1 amide bonds. The number of carbonyl (C=O) groups excluding carboxylic acids is 1. The first-order chi connectivity index (χ1) is 22.7. The maximum absolute atomic E-state index is 14.4. The van der Waals surface area contributed by atoms with Gasteiger partial charge in [-0.3, -0.25) is 4.79 Å². The summed E-state index contributed by atoms with van der Waals surface area (Å²) in [6, 6.07) is 58.0. The van der Waals surface area contributed by atoms with E-state index < -0.39 is 11.0 Å². The highest BCUT2D eigenvalue weighted by molar-refractivity contribution is 6.08. The Morgan fingerprint density at radius 2 is 1.04 bits per heavy atom. The summed E-state index contributed by atoms with van der Waals surface area (Å²) in [5.41, 5.74) is 8.68. The highest BCUT2D eigenvalue weighted by Crippen LogP contribution is 2.54. The molecule has 1 aliphatic rings. The van der Waals surface area contributed by atoms with E-state index in [4.69, 9.17) is 0 Å². The average Bonchev–Trinajstić information content (AvgIpc) is 3.10. The van der Waals surface area contributed by atoms with Gasteiger partial charge in [-0.05, 0) is 78.8 Å². The fourth-order valence-corrected chi connectivity index (χ4v) is 8.11. The summed E-state index contributed by atoms with van der Waals surface area (Å²) in [5, 5.41) is 0. The van der Waals surface area contributed by atoms with E-state index in [1.807, 2.05) is 35.2 Å². The Balaban J connectivity index is 1.56. The minimum absolute atomic E-state index is 0.0241. The molecule has 0 aliphatic carbocycles. The summed E-state index contributed by atoms with van der Waals surface area (Å²) in [4.78, 5) is 16.5. The van der Waals surface area contributed by atoms with Crippen molar-refractivity contribution in [1.29, 1.82) is 0 Å². The van der Waals surface area contributed by atoms with Crippen LogP contribution in [-0.4, -0.2) is 11.4 Å². The Morgan fingerprint density at radius 3 is 1.53 bits per heavy atom. The van der Waals surface area contributed by atoms with Crippen molar-refractivity contribution in [3.63, 3.8) is 0 Å². The molecule has 0 saturated carbocycles. The lowest BCUT2D eigenvalue weighted by Gasteiger charge is -2.52. The van der Waals surface area contributed by atoms with Crippen molar-refractivity contribution in [2.45, 2.75) is 50.5 Å². The van der Waals surface area contributed by atoms with Crippen LogP contribution in [0.15, 0.2) is 164 Å². The van der Waals surface area contributed by atoms with Gasteiger partial charge >= 0.3 is 0 Å². The van der Waals surface area contributed by atoms with Crippen molar-refractivity contribution in [2.75, 3.05) is 4.90 Å². The number of hydrogen-bond acceptors (Lipinski definition) is 1. The van der Waals surface area contributed by atoms with Gasteiger partial charge in [-0.1, -0.05) is 158 Å². The Bertz CT molecular complexity index is 1900. The molecule has 7 rings (SSSR count). The predicted octanol–water partition coefficient (Wildman–Crippen LogP) is 10.5. The SMILES string of the molecule is Cc1ccc([C@@]2(C)CC(C)(C)N(C(=O)c3ccccc3)c3ccc(C(c4ccccc4)(c4ccccc4)c4ccccc4)cc32)cc1. The van der Waals surface area contributed by atoms with Crippen LogP contribution >= 0.6 is 0 Å². The van der Waals surface area contributed by atoms with Crippen LogP contribution in [0.4, 0.5) is 5.69 Å². The lowest BCUT2D eigenvalue weighted by atomic mass is 9.61. The van der Waals surface area contributed by atoms with Gasteiger partial charge in [0.1, 0.15) is 0 Å². The normalized spacial score (nSPS) is 17.1. The molecule has 0 bridgehead atoms. The van der Waals surface area contributed by atoms with E-state index in [1.165, 1.54) is 33.4 Å². The van der Waals surface area contributed by atoms with Gasteiger partial charge in [-0.25, -0.2) is 0 Å². The lowest BCUT2D eigenvalue weighted by Crippen LogP contribution is -2.56. The summed E-state index contributed by atoms with van der Waals surface area (Å²) >= 11 is 0. The zero-order valence-electron chi connectivity index (χ0n) is 27.7. The first kappa shape index (κ1) is 30.4. The third-order valence-corrected chi connectivity index (χ3v) is 10.2. The van der Waals surface area contributed by atoms with Crippen molar-refractivity contribution in [3.8, 4) is 0 Å². The fourth-order valence-electron chi connectivity index (χ4n) is 8.11. The van der Waals surface area contributed by atoms with E-state index in [9.17, 15) is 4.79 Å². The number of fused-ring (bicyclic) bond motifs is 1. The van der Waals surface area contributed by atoms with E-state index in [1.54, 1.807) is 0 Å². The molecule has 0 fully saturated rings. The van der Waals surface area contributed by atoms with Crippen LogP contribution in [0.25, 0.3) is 0 Å². The third-order valence-electron chi connectivity index (χ3n) is 10.2. The molecule has 0 unspecified atom stereocenters. The number of carbonyl (C=O) groups is 1. The molecule has 0 N–H and O–H groups in total. The van der Waals surface area contributed by atoms with Gasteiger partial charge in [-0.15, -0.1) is 0 Å². The number of anilines is 1. The number of rotatable bonds is 6. The molecule has 6 aromatic carbocycles. The molecule has 47 heavy (non-hydrogen) atoms. The van der Waals surface area contributed by atoms with Gasteiger partial charge < -0.3 is 4.90 Å². The topological polar surface area (TPSA) is 20.3 Å². The Hall–Kier alpha value is -5.21. The Labute approximate surface area is 279 Å². The monoisotopic (exact) mass is 611 g/mol. The standard InChI is InChI=1S/C45H41NO/c1-33-25-27-35(28-26-33)44(4)32-43(2,3)46(42(47)34-17-9-5-10-18-34)41-30-29-39(31-40(41)44)45(36-19-11-6-12-20-36,37-21-13-7-14-22-37)38-23-15-8-16-24-38/h5-31H,32H2,1-4H3/t44-/m1/s1. The largest absolute Gasteiger partial charge is 0.302 e. The smallest absolute Gasteiger partial charge is 0.258 e. The average molecular weight is 612 g/mol. The predicted molar refractivity (Wildman–Crippen MR) is 194 cm³/mol. The minimum Gasteiger partial charge on any atom is -0.302 e. The summed E-state index contributed by atoms with van der Waals surface area (Å²) in [7, 11) is 0. The molecule has 232 valence electrons. The van der Waals surface area contributed by atoms with Crippen molar-refractivity contribution < 1.29 is 4.79 Å². The molecular weight excluding hydrogens is 571 g/mol. The zero-order chi connectivity index (χ0) is 32.6. The quantitative estimate of drug-likeness (QED) is 0.172. The van der Waals surface area contributed by atoms with Crippen LogP contribution in [0.1, 0.15) is 76.5 Å². The van der Waals surface area contributed by atoms with Crippen molar-refractivity contribution in [1.82, 2.24) is 0 Å². The summed E-state index contributed by atoms with van der Waals surface area (Å²) in [6.07, 6.45) is 0.771. The first-order valence-corrected chi connectivity index (χ1v) is 16.5. The maximum Gasteiger partial charge on any atom is 0.258 e. The molecule has 6 aromatic rings. The van der Waals surface area contributed by atoms with Gasteiger partial charge in [0, 0.05) is 22.2 Å². The Morgan fingerprint density at radius 1 is 0.574 bits per heavy atom. The van der Waals surface area contributed by atoms with Crippen LogP contribution in [0.5, 0.6) is 0 Å². The van der Waals surface area contributed by atoms with Crippen molar-refractivity contribution in [2.24, 2.45) is 0 Å². The Kier molecular flexibility index (Phi) is 7.68. The van der Waals surface area contributed by atoms with Gasteiger partial charge in [-0.2, -0.15) is 0 Å². The van der Waals surface area contributed by atoms with Gasteiger partial charge in [0.2, 0.25) is 0 Å². The van der Waals surface area contributed by atoms with E-state index in [0.29, 0.717) is 5.56 Å². The molecule has 0 radical (unpaired) electrons. The van der Waals surface area contributed by atoms with Crippen molar-refractivity contribution >= 4 is 11.6 Å². The number of benzene rings is 6. The second-order valence-corrected chi connectivity index (χ2v) is 13.8. The molecule has 1 aliphatic heterocycles. The van der Waals surface area contributed by atoms with Crippen LogP contribution in [0.3, 0.4) is 0 Å². The third kappa shape index (κ3) is 5.09. The van der Waals surface area contributed by atoms with E-state index in [2.05, 4.69) is 161 Å². The second-order valence-electron chi connectivity index (χ2n) is 13.8.